The van der Waals surface area contributed by atoms with Crippen LogP contribution in [0.25, 0.3) is 0 Å². The summed E-state index contributed by atoms with van der Waals surface area (Å²) in [4.78, 5) is 17.0. The predicted octanol–water partition coefficient (Wildman–Crippen LogP) is 3.52. The molecule has 7 nitrogen and oxygen atoms in total. The summed E-state index contributed by atoms with van der Waals surface area (Å²) in [6.45, 7) is 0. The summed E-state index contributed by atoms with van der Waals surface area (Å²) in [5.74, 6) is 0.710. The van der Waals surface area contributed by atoms with Gasteiger partial charge in [0.2, 0.25) is 0 Å². The Bertz CT molecular complexity index is 1040. The lowest BCUT2D eigenvalue weighted by molar-refractivity contribution is -0.384. The lowest BCUT2D eigenvalue weighted by Gasteiger charge is -2.26. The van der Waals surface area contributed by atoms with Crippen molar-refractivity contribution in [3.63, 3.8) is 0 Å². The van der Waals surface area contributed by atoms with E-state index in [4.69, 9.17) is 11.6 Å². The van der Waals surface area contributed by atoms with Crippen LogP contribution in [0.1, 0.15) is 5.56 Å². The van der Waals surface area contributed by atoms with E-state index >= 15 is 0 Å². The van der Waals surface area contributed by atoms with Gasteiger partial charge in [-0.3, -0.25) is 15.1 Å². The van der Waals surface area contributed by atoms with Crippen LogP contribution >= 0.6 is 23.4 Å². The molecule has 1 fully saturated rings. The van der Waals surface area contributed by atoms with Crippen LogP contribution in [0.4, 0.5) is 11.4 Å². The van der Waals surface area contributed by atoms with Crippen molar-refractivity contribution in [2.24, 2.45) is 4.99 Å². The second kappa shape index (κ2) is 7.38. The van der Waals surface area contributed by atoms with Crippen LogP contribution < -0.4 is 4.90 Å². The molecule has 2 aromatic rings. The number of nitro benzene ring substituents is 1. The number of amidine groups is 1. The van der Waals surface area contributed by atoms with Crippen molar-refractivity contribution in [2.45, 2.75) is 17.8 Å². The van der Waals surface area contributed by atoms with Crippen molar-refractivity contribution in [2.75, 3.05) is 16.4 Å². The van der Waals surface area contributed by atoms with Gasteiger partial charge in [-0.05, 0) is 29.8 Å². The van der Waals surface area contributed by atoms with Crippen molar-refractivity contribution >= 4 is 49.7 Å². The number of rotatable bonds is 4. The number of nitrogens with zero attached hydrogens (tertiary/aromatic N) is 3. The highest BCUT2D eigenvalue weighted by Gasteiger charge is 2.47. The molecule has 0 spiro atoms. The van der Waals surface area contributed by atoms with Crippen LogP contribution in [0.3, 0.4) is 0 Å². The topological polar surface area (TPSA) is 92.9 Å². The highest BCUT2D eigenvalue weighted by atomic mass is 35.5. The Balaban J connectivity index is 1.57. The van der Waals surface area contributed by atoms with Gasteiger partial charge >= 0.3 is 0 Å². The maximum atomic E-state index is 12.1. The smallest absolute Gasteiger partial charge is 0.269 e. The highest BCUT2D eigenvalue weighted by molar-refractivity contribution is 8.13. The molecule has 2 atom stereocenters. The maximum Gasteiger partial charge on any atom is 0.269 e. The van der Waals surface area contributed by atoms with E-state index in [0.717, 1.165) is 16.4 Å². The summed E-state index contributed by atoms with van der Waals surface area (Å²) < 4.78 is 24.1. The van der Waals surface area contributed by atoms with Crippen molar-refractivity contribution in [1.82, 2.24) is 0 Å². The molecule has 2 aliphatic heterocycles. The standard InChI is InChI=1S/C18H16ClN3O4S2/c19-13-3-7-14(8-4-13)21-17-11-28(25,26)10-16(17)20-18(21)27-9-12-1-5-15(6-2-12)22(23)24/h1-8,16-17H,9-11H2/t16-,17+/m1/s1. The molecule has 0 unspecified atom stereocenters. The van der Waals surface area contributed by atoms with Crippen molar-refractivity contribution < 1.29 is 13.3 Å². The minimum Gasteiger partial charge on any atom is -0.315 e. The number of thioether (sulfide) groups is 1. The van der Waals surface area contributed by atoms with Gasteiger partial charge in [0.05, 0.1) is 28.5 Å². The predicted molar refractivity (Wildman–Crippen MR) is 112 cm³/mol. The fourth-order valence-electron chi connectivity index (χ4n) is 3.40. The number of hydrogen-bond acceptors (Lipinski definition) is 7. The molecule has 0 aromatic heterocycles. The highest BCUT2D eigenvalue weighted by Crippen LogP contribution is 2.36. The molecule has 0 N–H and O–H groups in total. The third-order valence-corrected chi connectivity index (χ3v) is 7.72. The second-order valence-corrected chi connectivity index (χ2v) is 10.2. The lowest BCUT2D eigenvalue weighted by Crippen LogP contribution is -2.39. The normalized spacial score (nSPS) is 22.8. The molecule has 1 saturated heterocycles. The monoisotopic (exact) mass is 437 g/mol. The Hall–Kier alpha value is -2.10. The molecule has 10 heteroatoms. The van der Waals surface area contributed by atoms with Crippen LogP contribution in [0.5, 0.6) is 0 Å². The number of halogens is 1. The molecule has 0 amide bonds. The van der Waals surface area contributed by atoms with Crippen LogP contribution in [0, 0.1) is 10.1 Å². The van der Waals surface area contributed by atoms with E-state index < -0.39 is 14.8 Å². The lowest BCUT2D eigenvalue weighted by atomic mass is 10.1. The number of fused-ring (bicyclic) bond motifs is 1. The molecule has 2 aliphatic rings. The molecule has 0 bridgehead atoms. The van der Waals surface area contributed by atoms with Crippen LogP contribution in [-0.4, -0.2) is 42.1 Å². The van der Waals surface area contributed by atoms with Crippen LogP contribution in [0.2, 0.25) is 5.02 Å². The largest absolute Gasteiger partial charge is 0.315 e. The Kier molecular flexibility index (Phi) is 5.07. The first-order chi connectivity index (χ1) is 13.3. The fraction of sp³-hybridized carbons (Fsp3) is 0.278. The Morgan fingerprint density at radius 3 is 2.46 bits per heavy atom. The van der Waals surface area contributed by atoms with Crippen molar-refractivity contribution in [3.8, 4) is 0 Å². The van der Waals surface area contributed by atoms with E-state index in [9.17, 15) is 18.5 Å². The van der Waals surface area contributed by atoms with E-state index in [-0.39, 0.29) is 29.3 Å². The van der Waals surface area contributed by atoms with Crippen molar-refractivity contribution in [1.29, 1.82) is 0 Å². The van der Waals surface area contributed by atoms with Gasteiger partial charge in [0.15, 0.2) is 15.0 Å². The van der Waals surface area contributed by atoms with Gasteiger partial charge in [-0.1, -0.05) is 35.5 Å². The molecule has 0 aliphatic carbocycles. The second-order valence-electron chi connectivity index (χ2n) is 6.68. The number of anilines is 1. The Morgan fingerprint density at radius 2 is 1.82 bits per heavy atom. The molecule has 2 aromatic carbocycles. The van der Waals surface area contributed by atoms with Gasteiger partial charge in [0.25, 0.3) is 5.69 Å². The summed E-state index contributed by atoms with van der Waals surface area (Å²) in [6.07, 6.45) is 0. The van der Waals surface area contributed by atoms with E-state index in [0.29, 0.717) is 10.8 Å². The van der Waals surface area contributed by atoms with Gasteiger partial charge < -0.3 is 4.90 Å². The fourth-order valence-corrected chi connectivity index (χ4v) is 6.45. The maximum absolute atomic E-state index is 12.1. The number of benzene rings is 2. The van der Waals surface area contributed by atoms with Gasteiger partial charge in [-0.25, -0.2) is 8.42 Å². The summed E-state index contributed by atoms with van der Waals surface area (Å²) in [5, 5.41) is 12.1. The molecular weight excluding hydrogens is 422 g/mol. The Labute approximate surface area is 171 Å². The minimum absolute atomic E-state index is 0.0505. The quantitative estimate of drug-likeness (QED) is 0.536. The number of non-ortho nitro benzene ring substituents is 1. The molecule has 4 rings (SSSR count). The molecular formula is C18H16ClN3O4S2. The summed E-state index contributed by atoms with van der Waals surface area (Å²) >= 11 is 7.48. The molecule has 146 valence electrons. The van der Waals surface area contributed by atoms with E-state index in [1.165, 1.54) is 23.9 Å². The summed E-state index contributed by atoms with van der Waals surface area (Å²) in [7, 11) is -3.11. The van der Waals surface area contributed by atoms with E-state index in [1.807, 2.05) is 17.0 Å². The summed E-state index contributed by atoms with van der Waals surface area (Å²) in [5.41, 5.74) is 1.83. The van der Waals surface area contributed by atoms with Crippen molar-refractivity contribution in [3.05, 3.63) is 69.2 Å². The van der Waals surface area contributed by atoms with Gasteiger partial charge in [0, 0.05) is 28.6 Å². The zero-order valence-corrected chi connectivity index (χ0v) is 17.0. The van der Waals surface area contributed by atoms with Gasteiger partial charge in [-0.15, -0.1) is 0 Å². The molecule has 0 radical (unpaired) electrons. The van der Waals surface area contributed by atoms with E-state index in [1.54, 1.807) is 24.3 Å². The first-order valence-corrected chi connectivity index (χ1v) is 11.7. The van der Waals surface area contributed by atoms with Crippen LogP contribution in [0.15, 0.2) is 53.5 Å². The van der Waals surface area contributed by atoms with Crippen LogP contribution in [-0.2, 0) is 15.6 Å². The SMILES string of the molecule is O=[N+]([O-])c1ccc(CSC2=N[C@@H]3CS(=O)(=O)C[C@@H]3N2c2ccc(Cl)cc2)cc1. The minimum atomic E-state index is -3.11. The average molecular weight is 438 g/mol. The van der Waals surface area contributed by atoms with Gasteiger partial charge in [0.1, 0.15) is 0 Å². The first kappa shape index (κ1) is 19.2. The molecule has 28 heavy (non-hydrogen) atoms. The molecule has 2 heterocycles. The Morgan fingerprint density at radius 1 is 1.14 bits per heavy atom. The summed E-state index contributed by atoms with van der Waals surface area (Å²) in [6, 6.07) is 13.2. The zero-order chi connectivity index (χ0) is 19.9. The number of sulfone groups is 1. The number of hydrogen-bond donors (Lipinski definition) is 0. The zero-order valence-electron chi connectivity index (χ0n) is 14.6. The number of nitro groups is 1. The average Bonchev–Trinajstić information content (AvgIpc) is 3.12. The third-order valence-electron chi connectivity index (χ3n) is 4.73. The number of aliphatic imine (C=N–C) groups is 1. The molecule has 0 saturated carbocycles. The third kappa shape index (κ3) is 3.87. The van der Waals surface area contributed by atoms with E-state index in [2.05, 4.69) is 4.99 Å². The first-order valence-electron chi connectivity index (χ1n) is 8.51. The van der Waals surface area contributed by atoms with Gasteiger partial charge in [-0.2, -0.15) is 0 Å².